The van der Waals surface area contributed by atoms with Crippen LogP contribution in [0.2, 0.25) is 0 Å². The third-order valence-electron chi connectivity index (χ3n) is 2.93. The lowest BCUT2D eigenvalue weighted by Crippen LogP contribution is -2.17. The van der Waals surface area contributed by atoms with E-state index in [0.717, 1.165) is 11.1 Å². The minimum atomic E-state index is -0.422. The summed E-state index contributed by atoms with van der Waals surface area (Å²) in [4.78, 5) is 0. The molecule has 1 unspecified atom stereocenters. The first-order valence-electron chi connectivity index (χ1n) is 6.56. The molecular weight excluding hydrogens is 340 g/mol. The van der Waals surface area contributed by atoms with Crippen LogP contribution in [0.5, 0.6) is 5.75 Å². The van der Waals surface area contributed by atoms with Gasteiger partial charge in [-0.25, -0.2) is 8.78 Å². The standard InChI is InChI=1S/C16H16BrF2NO/c1-10(20)6-11-3-5-16(15(19)8-11)21-9-12-2-4-14(18)13(17)7-12/h2-5,7-8,10H,6,9,20H2,1H3. The molecule has 0 heterocycles. The second-order valence-electron chi connectivity index (χ2n) is 4.98. The number of hydrogen-bond donors (Lipinski definition) is 1. The maximum absolute atomic E-state index is 13.9. The first-order chi connectivity index (χ1) is 9.95. The Balaban J connectivity index is 2.04. The van der Waals surface area contributed by atoms with Gasteiger partial charge in [0.1, 0.15) is 12.4 Å². The second kappa shape index (κ2) is 7.00. The van der Waals surface area contributed by atoms with Crippen molar-refractivity contribution in [3.05, 3.63) is 63.6 Å². The molecule has 0 spiro atoms. The summed E-state index contributed by atoms with van der Waals surface area (Å²) in [6.07, 6.45) is 0.613. The van der Waals surface area contributed by atoms with Crippen molar-refractivity contribution in [2.45, 2.75) is 26.0 Å². The summed E-state index contributed by atoms with van der Waals surface area (Å²) in [6, 6.07) is 9.34. The van der Waals surface area contributed by atoms with Crippen LogP contribution in [0.15, 0.2) is 40.9 Å². The maximum atomic E-state index is 13.9. The highest BCUT2D eigenvalue weighted by Gasteiger charge is 2.07. The topological polar surface area (TPSA) is 35.2 Å². The highest BCUT2D eigenvalue weighted by molar-refractivity contribution is 9.10. The lowest BCUT2D eigenvalue weighted by Gasteiger charge is -2.10. The van der Waals surface area contributed by atoms with Crippen molar-refractivity contribution in [3.63, 3.8) is 0 Å². The third-order valence-corrected chi connectivity index (χ3v) is 3.54. The van der Waals surface area contributed by atoms with Gasteiger partial charge in [0, 0.05) is 6.04 Å². The van der Waals surface area contributed by atoms with Gasteiger partial charge in [0.05, 0.1) is 4.47 Å². The van der Waals surface area contributed by atoms with Gasteiger partial charge in [0.15, 0.2) is 11.6 Å². The molecule has 0 radical (unpaired) electrons. The molecule has 0 aliphatic heterocycles. The van der Waals surface area contributed by atoms with Crippen LogP contribution in [-0.4, -0.2) is 6.04 Å². The first-order valence-corrected chi connectivity index (χ1v) is 7.35. The Hall–Kier alpha value is -1.46. The molecule has 5 heteroatoms. The predicted molar refractivity (Wildman–Crippen MR) is 82.2 cm³/mol. The van der Waals surface area contributed by atoms with E-state index in [9.17, 15) is 8.78 Å². The Labute approximate surface area is 131 Å². The van der Waals surface area contributed by atoms with E-state index in [-0.39, 0.29) is 24.2 Å². The lowest BCUT2D eigenvalue weighted by atomic mass is 10.1. The van der Waals surface area contributed by atoms with E-state index in [2.05, 4.69) is 15.9 Å². The summed E-state index contributed by atoms with van der Waals surface area (Å²) in [6.45, 7) is 2.04. The molecule has 0 aliphatic carbocycles. The molecule has 2 aromatic carbocycles. The van der Waals surface area contributed by atoms with Crippen LogP contribution in [0.25, 0.3) is 0 Å². The van der Waals surface area contributed by atoms with Crippen LogP contribution >= 0.6 is 15.9 Å². The molecule has 0 saturated carbocycles. The van der Waals surface area contributed by atoms with Crippen molar-refractivity contribution < 1.29 is 13.5 Å². The van der Waals surface area contributed by atoms with Crippen LogP contribution < -0.4 is 10.5 Å². The molecule has 2 aromatic rings. The normalized spacial score (nSPS) is 12.2. The highest BCUT2D eigenvalue weighted by Crippen LogP contribution is 2.22. The van der Waals surface area contributed by atoms with E-state index < -0.39 is 5.82 Å². The Kier molecular flexibility index (Phi) is 5.31. The zero-order chi connectivity index (χ0) is 15.4. The highest BCUT2D eigenvalue weighted by atomic mass is 79.9. The summed E-state index contributed by atoms with van der Waals surface area (Å²) >= 11 is 3.10. The number of halogens is 3. The molecule has 1 atom stereocenters. The average molecular weight is 356 g/mol. The van der Waals surface area contributed by atoms with Crippen molar-refractivity contribution in [3.8, 4) is 5.75 Å². The van der Waals surface area contributed by atoms with Gasteiger partial charge in [-0.3, -0.25) is 0 Å². The zero-order valence-corrected chi connectivity index (χ0v) is 13.2. The van der Waals surface area contributed by atoms with Crippen molar-refractivity contribution >= 4 is 15.9 Å². The number of benzene rings is 2. The summed E-state index contributed by atoms with van der Waals surface area (Å²) < 4.78 is 32.8. The van der Waals surface area contributed by atoms with E-state index in [1.54, 1.807) is 24.3 Å². The summed E-state index contributed by atoms with van der Waals surface area (Å²) in [7, 11) is 0. The molecule has 2 nitrogen and oxygen atoms in total. The monoisotopic (exact) mass is 355 g/mol. The van der Waals surface area contributed by atoms with E-state index in [4.69, 9.17) is 10.5 Å². The van der Waals surface area contributed by atoms with Gasteiger partial charge in [-0.2, -0.15) is 0 Å². The van der Waals surface area contributed by atoms with E-state index >= 15 is 0 Å². The summed E-state index contributed by atoms with van der Waals surface area (Å²) in [5.41, 5.74) is 7.27. The quantitative estimate of drug-likeness (QED) is 0.872. The fourth-order valence-corrected chi connectivity index (χ4v) is 2.38. The Morgan fingerprint density at radius 3 is 2.43 bits per heavy atom. The molecule has 0 bridgehead atoms. The number of rotatable bonds is 5. The fraction of sp³-hybridized carbons (Fsp3) is 0.250. The van der Waals surface area contributed by atoms with Gasteiger partial charge in [-0.15, -0.1) is 0 Å². The molecule has 21 heavy (non-hydrogen) atoms. The molecule has 0 fully saturated rings. The minimum absolute atomic E-state index is 0.0206. The smallest absolute Gasteiger partial charge is 0.165 e. The Bertz CT molecular complexity index is 632. The van der Waals surface area contributed by atoms with E-state index in [1.165, 1.54) is 12.1 Å². The van der Waals surface area contributed by atoms with Gasteiger partial charge in [0.25, 0.3) is 0 Å². The predicted octanol–water partition coefficient (Wildman–Crippen LogP) is 4.20. The summed E-state index contributed by atoms with van der Waals surface area (Å²) in [5.74, 6) is -0.594. The fourth-order valence-electron chi connectivity index (χ4n) is 1.95. The van der Waals surface area contributed by atoms with Crippen LogP contribution in [-0.2, 0) is 13.0 Å². The van der Waals surface area contributed by atoms with Crippen LogP contribution in [0.3, 0.4) is 0 Å². The van der Waals surface area contributed by atoms with Crippen molar-refractivity contribution in [2.75, 3.05) is 0 Å². The van der Waals surface area contributed by atoms with Crippen LogP contribution in [0.1, 0.15) is 18.1 Å². The van der Waals surface area contributed by atoms with Gasteiger partial charge in [-0.05, 0) is 64.7 Å². The molecule has 0 saturated heterocycles. The van der Waals surface area contributed by atoms with Crippen molar-refractivity contribution in [1.29, 1.82) is 0 Å². The third kappa shape index (κ3) is 4.51. The first kappa shape index (κ1) is 15.9. The Morgan fingerprint density at radius 2 is 1.81 bits per heavy atom. The number of hydrogen-bond acceptors (Lipinski definition) is 2. The largest absolute Gasteiger partial charge is 0.486 e. The molecular formula is C16H16BrF2NO. The number of ether oxygens (including phenoxy) is 1. The molecule has 0 aliphatic rings. The lowest BCUT2D eigenvalue weighted by molar-refractivity contribution is 0.290. The number of nitrogens with two attached hydrogens (primary N) is 1. The van der Waals surface area contributed by atoms with Crippen LogP contribution in [0.4, 0.5) is 8.78 Å². The summed E-state index contributed by atoms with van der Waals surface area (Å²) in [5, 5.41) is 0. The molecule has 0 aromatic heterocycles. The van der Waals surface area contributed by atoms with Crippen molar-refractivity contribution in [2.24, 2.45) is 5.73 Å². The molecule has 112 valence electrons. The van der Waals surface area contributed by atoms with Crippen LogP contribution in [0, 0.1) is 11.6 Å². The Morgan fingerprint density at radius 1 is 1.10 bits per heavy atom. The molecule has 0 amide bonds. The SMILES string of the molecule is CC(N)Cc1ccc(OCc2ccc(F)c(Br)c2)c(F)c1. The minimum Gasteiger partial charge on any atom is -0.486 e. The van der Waals surface area contributed by atoms with Gasteiger partial charge >= 0.3 is 0 Å². The molecule has 2 rings (SSSR count). The average Bonchev–Trinajstić information content (AvgIpc) is 2.41. The molecule has 2 N–H and O–H groups in total. The van der Waals surface area contributed by atoms with E-state index in [0.29, 0.717) is 10.9 Å². The maximum Gasteiger partial charge on any atom is 0.165 e. The second-order valence-corrected chi connectivity index (χ2v) is 5.84. The van der Waals surface area contributed by atoms with Crippen molar-refractivity contribution in [1.82, 2.24) is 0 Å². The van der Waals surface area contributed by atoms with Gasteiger partial charge in [-0.1, -0.05) is 12.1 Å². The van der Waals surface area contributed by atoms with Gasteiger partial charge < -0.3 is 10.5 Å². The van der Waals surface area contributed by atoms with E-state index in [1.807, 2.05) is 6.92 Å². The zero-order valence-electron chi connectivity index (χ0n) is 11.6. The van der Waals surface area contributed by atoms with Gasteiger partial charge in [0.2, 0.25) is 0 Å².